The number of hydrogen-bond donors (Lipinski definition) is 0. The van der Waals surface area contributed by atoms with Crippen LogP contribution in [0.4, 0.5) is 0 Å². The lowest BCUT2D eigenvalue weighted by Crippen LogP contribution is -2.48. The highest BCUT2D eigenvalue weighted by atomic mass is 35.7. The summed E-state index contributed by atoms with van der Waals surface area (Å²) in [5.41, 5.74) is 0.496. The van der Waals surface area contributed by atoms with Crippen molar-refractivity contribution in [3.05, 3.63) is 16.1 Å². The first-order valence-corrected chi connectivity index (χ1v) is 8.48. The number of carbonyl (C=O) groups is 1. The number of halogens is 1. The minimum absolute atomic E-state index is 0.0959. The average Bonchev–Trinajstić information content (AvgIpc) is 2.58. The van der Waals surface area contributed by atoms with Gasteiger partial charge in [0, 0.05) is 21.5 Å². The summed E-state index contributed by atoms with van der Waals surface area (Å²) in [6, 6.07) is -0.549. The fourth-order valence-electron chi connectivity index (χ4n) is 1.68. The average molecular weight is 309 g/mol. The Morgan fingerprint density at radius 2 is 2.11 bits per heavy atom. The summed E-state index contributed by atoms with van der Waals surface area (Å²) in [7, 11) is 1.21. The second kappa shape index (κ2) is 4.18. The van der Waals surface area contributed by atoms with Crippen molar-refractivity contribution in [1.29, 1.82) is 0 Å². The van der Waals surface area contributed by atoms with Crippen LogP contribution in [0.1, 0.15) is 43.9 Å². The molecule has 1 aromatic heterocycles. The molecule has 0 aliphatic carbocycles. The molecular weight excluding hydrogens is 296 g/mol. The molecule has 0 saturated carbocycles. The topological polar surface area (TPSA) is 67.3 Å². The summed E-state index contributed by atoms with van der Waals surface area (Å²) in [4.78, 5) is 15.7. The molecule has 1 amide bonds. The van der Waals surface area contributed by atoms with Gasteiger partial charge in [0.25, 0.3) is 0 Å². The Labute approximate surface area is 114 Å². The Balaban J connectivity index is 2.29. The molecule has 18 heavy (non-hydrogen) atoms. The lowest BCUT2D eigenvalue weighted by atomic mass is 9.98. The molecular formula is C10H13ClN2O3S2. The molecule has 2 heterocycles. The van der Waals surface area contributed by atoms with Crippen LogP contribution in [0, 0.1) is 0 Å². The van der Waals surface area contributed by atoms with Crippen LogP contribution in [-0.2, 0) is 19.4 Å². The standard InChI is InChI=1S/C10H13ClN2O3S2/c1-10(2,3)9-12-6(5-17-9)7-4-8(14)13(7)18(11,15)16/h5,7H,4H2,1-3H3. The normalized spacial score (nSPS) is 21.0. The molecule has 100 valence electrons. The van der Waals surface area contributed by atoms with Gasteiger partial charge in [-0.3, -0.25) is 4.79 Å². The SMILES string of the molecule is CC(C)(C)c1nc(C2CC(=O)N2S(=O)(=O)Cl)cs1. The smallest absolute Gasteiger partial charge is 0.274 e. The van der Waals surface area contributed by atoms with Crippen LogP contribution in [0.15, 0.2) is 5.38 Å². The van der Waals surface area contributed by atoms with Crippen LogP contribution in [-0.4, -0.2) is 23.6 Å². The Hall–Kier alpha value is -0.660. The number of amides is 1. The van der Waals surface area contributed by atoms with Gasteiger partial charge in [-0.15, -0.1) is 11.3 Å². The predicted molar refractivity (Wildman–Crippen MR) is 69.8 cm³/mol. The van der Waals surface area contributed by atoms with Crippen molar-refractivity contribution in [2.75, 3.05) is 0 Å². The molecule has 1 aromatic rings. The number of rotatable bonds is 2. The first-order valence-electron chi connectivity index (χ1n) is 5.33. The molecule has 0 spiro atoms. The summed E-state index contributed by atoms with van der Waals surface area (Å²) >= 11 is 1.46. The predicted octanol–water partition coefficient (Wildman–Crippen LogP) is 2.20. The maximum atomic E-state index is 11.3. The Bertz CT molecular complexity index is 589. The van der Waals surface area contributed by atoms with Crippen molar-refractivity contribution in [3.8, 4) is 0 Å². The lowest BCUT2D eigenvalue weighted by molar-refractivity contribution is -0.137. The number of β-lactam (4-membered cyclic amide) rings is 1. The second-order valence-corrected chi connectivity index (χ2v) is 8.42. The molecule has 1 unspecified atom stereocenters. The Morgan fingerprint density at radius 1 is 1.50 bits per heavy atom. The molecule has 5 nitrogen and oxygen atoms in total. The number of aromatic nitrogens is 1. The highest BCUT2D eigenvalue weighted by molar-refractivity contribution is 8.12. The summed E-state index contributed by atoms with van der Waals surface area (Å²) < 4.78 is 23.2. The van der Waals surface area contributed by atoms with Crippen LogP contribution in [0.25, 0.3) is 0 Å². The third-order valence-electron chi connectivity index (χ3n) is 2.64. The molecule has 0 radical (unpaired) electrons. The van der Waals surface area contributed by atoms with E-state index < -0.39 is 21.2 Å². The first-order chi connectivity index (χ1) is 8.10. The molecule has 0 N–H and O–H groups in total. The van der Waals surface area contributed by atoms with E-state index in [0.29, 0.717) is 10.00 Å². The van der Waals surface area contributed by atoms with Gasteiger partial charge in [-0.25, -0.2) is 9.29 Å². The van der Waals surface area contributed by atoms with Crippen molar-refractivity contribution in [3.63, 3.8) is 0 Å². The van der Waals surface area contributed by atoms with Crippen LogP contribution in [0.3, 0.4) is 0 Å². The van der Waals surface area contributed by atoms with Crippen LogP contribution in [0.5, 0.6) is 0 Å². The summed E-state index contributed by atoms with van der Waals surface area (Å²) in [6.07, 6.45) is 0.138. The molecule has 0 aromatic carbocycles. The van der Waals surface area contributed by atoms with Crippen molar-refractivity contribution < 1.29 is 13.2 Å². The van der Waals surface area contributed by atoms with Gasteiger partial charge in [0.1, 0.15) is 6.04 Å². The van der Waals surface area contributed by atoms with Crippen LogP contribution >= 0.6 is 22.0 Å². The van der Waals surface area contributed by atoms with Crippen molar-refractivity contribution in [2.24, 2.45) is 0 Å². The Morgan fingerprint density at radius 3 is 2.50 bits per heavy atom. The lowest BCUT2D eigenvalue weighted by Gasteiger charge is -2.35. The zero-order chi connectivity index (χ0) is 13.7. The van der Waals surface area contributed by atoms with Crippen molar-refractivity contribution in [2.45, 2.75) is 38.6 Å². The quantitative estimate of drug-likeness (QED) is 0.620. The molecule has 1 aliphatic heterocycles. The summed E-state index contributed by atoms with van der Waals surface area (Å²) in [5, 5.41) is 2.69. The van der Waals surface area contributed by atoms with E-state index in [-0.39, 0.29) is 11.8 Å². The molecule has 0 bridgehead atoms. The van der Waals surface area contributed by atoms with E-state index in [9.17, 15) is 13.2 Å². The monoisotopic (exact) mass is 308 g/mol. The van der Waals surface area contributed by atoms with E-state index in [2.05, 4.69) is 4.98 Å². The van der Waals surface area contributed by atoms with Gasteiger partial charge in [0.15, 0.2) is 0 Å². The van der Waals surface area contributed by atoms with Gasteiger partial charge in [0.2, 0.25) is 5.91 Å². The number of thiazole rings is 1. The van der Waals surface area contributed by atoms with Crippen LogP contribution < -0.4 is 0 Å². The third-order valence-corrected chi connectivity index (χ3v) is 5.30. The molecule has 1 fully saturated rings. The molecule has 1 aliphatic rings. The van der Waals surface area contributed by atoms with Gasteiger partial charge in [0.05, 0.1) is 17.1 Å². The second-order valence-electron chi connectivity index (χ2n) is 5.18. The molecule has 1 saturated heterocycles. The van der Waals surface area contributed by atoms with Gasteiger partial charge >= 0.3 is 9.24 Å². The highest BCUT2D eigenvalue weighted by Gasteiger charge is 2.46. The largest absolute Gasteiger partial charge is 0.324 e. The fraction of sp³-hybridized carbons (Fsp3) is 0.600. The van der Waals surface area contributed by atoms with E-state index >= 15 is 0 Å². The van der Waals surface area contributed by atoms with Gasteiger partial charge in [-0.1, -0.05) is 20.8 Å². The minimum atomic E-state index is -4.02. The maximum absolute atomic E-state index is 11.3. The molecule has 8 heteroatoms. The van der Waals surface area contributed by atoms with E-state index in [4.69, 9.17) is 10.7 Å². The summed E-state index contributed by atoms with van der Waals surface area (Å²) in [5.74, 6) is -0.486. The maximum Gasteiger partial charge on any atom is 0.324 e. The van der Waals surface area contributed by atoms with Crippen molar-refractivity contribution in [1.82, 2.24) is 9.29 Å². The molecule has 2 rings (SSSR count). The fourth-order valence-corrected chi connectivity index (χ4v) is 3.96. The van der Waals surface area contributed by atoms with Crippen molar-refractivity contribution >= 4 is 37.2 Å². The first kappa shape index (κ1) is 13.8. The molecule has 1 atom stereocenters. The van der Waals surface area contributed by atoms with E-state index in [1.54, 1.807) is 5.38 Å². The van der Waals surface area contributed by atoms with Gasteiger partial charge < -0.3 is 0 Å². The van der Waals surface area contributed by atoms with E-state index in [1.807, 2.05) is 20.8 Å². The Kier molecular flexibility index (Phi) is 3.19. The summed E-state index contributed by atoms with van der Waals surface area (Å²) in [6.45, 7) is 6.08. The van der Waals surface area contributed by atoms with Gasteiger partial charge in [-0.05, 0) is 0 Å². The van der Waals surface area contributed by atoms with E-state index in [1.165, 1.54) is 11.3 Å². The van der Waals surface area contributed by atoms with Crippen LogP contribution in [0.2, 0.25) is 0 Å². The zero-order valence-electron chi connectivity index (χ0n) is 10.2. The minimum Gasteiger partial charge on any atom is -0.274 e. The highest BCUT2D eigenvalue weighted by Crippen LogP contribution is 2.39. The van der Waals surface area contributed by atoms with Gasteiger partial charge in [-0.2, -0.15) is 8.42 Å². The number of hydrogen-bond acceptors (Lipinski definition) is 5. The third kappa shape index (κ3) is 2.39. The van der Waals surface area contributed by atoms with E-state index in [0.717, 1.165) is 5.01 Å². The zero-order valence-corrected chi connectivity index (χ0v) is 12.6. The number of carbonyl (C=O) groups excluding carboxylic acids is 1. The number of nitrogens with zero attached hydrogens (tertiary/aromatic N) is 2.